The van der Waals surface area contributed by atoms with E-state index in [4.69, 9.17) is 14.7 Å². The number of ether oxygens (including phenoxy) is 2. The van der Waals surface area contributed by atoms with E-state index in [1.54, 1.807) is 32.0 Å². The van der Waals surface area contributed by atoms with Crippen molar-refractivity contribution in [2.45, 2.75) is 25.9 Å². The van der Waals surface area contributed by atoms with E-state index in [1.807, 2.05) is 0 Å². The van der Waals surface area contributed by atoms with Crippen molar-refractivity contribution >= 4 is 5.71 Å². The van der Waals surface area contributed by atoms with Crippen LogP contribution in [-0.2, 0) is 0 Å². The summed E-state index contributed by atoms with van der Waals surface area (Å²) in [6.07, 6.45) is 0.550. The van der Waals surface area contributed by atoms with Crippen LogP contribution in [0.25, 0.3) is 0 Å². The first-order chi connectivity index (χ1) is 8.49. The van der Waals surface area contributed by atoms with E-state index >= 15 is 0 Å². The summed E-state index contributed by atoms with van der Waals surface area (Å²) in [6.45, 7) is 4.19. The Morgan fingerprint density at radius 1 is 1.44 bits per heavy atom. The Morgan fingerprint density at radius 2 is 2.22 bits per heavy atom. The van der Waals surface area contributed by atoms with Crippen molar-refractivity contribution in [3.05, 3.63) is 23.8 Å². The van der Waals surface area contributed by atoms with E-state index in [0.29, 0.717) is 30.2 Å². The molecule has 0 spiro atoms. The van der Waals surface area contributed by atoms with Crippen molar-refractivity contribution in [2.24, 2.45) is 5.16 Å². The maximum absolute atomic E-state index is 9.57. The molecule has 98 valence electrons. The Labute approximate surface area is 106 Å². The van der Waals surface area contributed by atoms with E-state index in [9.17, 15) is 5.11 Å². The minimum atomic E-state index is -0.732. The van der Waals surface area contributed by atoms with E-state index in [0.717, 1.165) is 5.56 Å². The molecular formula is C13H17NO4. The third-order valence-corrected chi connectivity index (χ3v) is 2.73. The molecule has 0 bridgehead atoms. The van der Waals surface area contributed by atoms with E-state index in [-0.39, 0.29) is 6.61 Å². The van der Waals surface area contributed by atoms with Gasteiger partial charge in [-0.15, -0.1) is 0 Å². The summed E-state index contributed by atoms with van der Waals surface area (Å²) in [6, 6.07) is 5.36. The van der Waals surface area contributed by atoms with Gasteiger partial charge in [0.25, 0.3) is 0 Å². The van der Waals surface area contributed by atoms with Crippen molar-refractivity contribution in [3.8, 4) is 11.5 Å². The molecule has 0 amide bonds. The van der Waals surface area contributed by atoms with Gasteiger partial charge in [0, 0.05) is 18.1 Å². The minimum Gasteiger partial charge on any atom is -0.493 e. The van der Waals surface area contributed by atoms with Crippen molar-refractivity contribution in [1.29, 1.82) is 0 Å². The average Bonchev–Trinajstić information content (AvgIpc) is 2.69. The first kappa shape index (κ1) is 12.7. The summed E-state index contributed by atoms with van der Waals surface area (Å²) in [5, 5.41) is 21.5. The van der Waals surface area contributed by atoms with Gasteiger partial charge in [0.05, 0.1) is 12.2 Å². The minimum absolute atomic E-state index is 0.277. The highest BCUT2D eigenvalue weighted by molar-refractivity contribution is 6.05. The zero-order valence-corrected chi connectivity index (χ0v) is 10.5. The zero-order chi connectivity index (χ0) is 13.2. The van der Waals surface area contributed by atoms with E-state index < -0.39 is 5.60 Å². The van der Waals surface area contributed by atoms with Crippen LogP contribution >= 0.6 is 0 Å². The third kappa shape index (κ3) is 2.92. The molecule has 0 atom stereocenters. The number of hydrogen-bond donors (Lipinski definition) is 2. The standard InChI is InChI=1S/C13H17NO4/c1-13(2,15)5-6-17-9-3-4-10-11(14-16)8-18-12(10)7-9/h3-4,7,15-16H,5-6,8H2,1-2H3. The average molecular weight is 251 g/mol. The van der Waals surface area contributed by atoms with Crippen molar-refractivity contribution in [1.82, 2.24) is 0 Å². The van der Waals surface area contributed by atoms with Crippen LogP contribution in [0, 0.1) is 0 Å². The molecule has 1 heterocycles. The van der Waals surface area contributed by atoms with Gasteiger partial charge in [-0.1, -0.05) is 5.16 Å². The summed E-state index contributed by atoms with van der Waals surface area (Å²) in [4.78, 5) is 0. The smallest absolute Gasteiger partial charge is 0.134 e. The van der Waals surface area contributed by atoms with Gasteiger partial charge in [-0.3, -0.25) is 0 Å². The molecule has 1 aromatic carbocycles. The molecule has 5 heteroatoms. The second-order valence-electron chi connectivity index (χ2n) is 4.90. The van der Waals surface area contributed by atoms with Crippen LogP contribution in [0.2, 0.25) is 0 Å². The van der Waals surface area contributed by atoms with Gasteiger partial charge < -0.3 is 19.8 Å². The quantitative estimate of drug-likeness (QED) is 0.632. The summed E-state index contributed by atoms with van der Waals surface area (Å²) in [7, 11) is 0. The fourth-order valence-electron chi connectivity index (χ4n) is 1.68. The second-order valence-corrected chi connectivity index (χ2v) is 4.90. The summed E-state index contributed by atoms with van der Waals surface area (Å²) in [5.41, 5.74) is 0.574. The molecule has 18 heavy (non-hydrogen) atoms. The highest BCUT2D eigenvalue weighted by Crippen LogP contribution is 2.30. The topological polar surface area (TPSA) is 71.3 Å². The van der Waals surface area contributed by atoms with Gasteiger partial charge in [0.15, 0.2) is 0 Å². The highest BCUT2D eigenvalue weighted by Gasteiger charge is 2.20. The lowest BCUT2D eigenvalue weighted by Crippen LogP contribution is -2.21. The lowest BCUT2D eigenvalue weighted by Gasteiger charge is -2.17. The van der Waals surface area contributed by atoms with Crippen LogP contribution in [0.3, 0.4) is 0 Å². The molecule has 2 N–H and O–H groups in total. The lowest BCUT2D eigenvalue weighted by atomic mass is 10.1. The van der Waals surface area contributed by atoms with Crippen LogP contribution in [0.15, 0.2) is 23.4 Å². The van der Waals surface area contributed by atoms with E-state index in [1.165, 1.54) is 0 Å². The van der Waals surface area contributed by atoms with Crippen LogP contribution < -0.4 is 9.47 Å². The predicted molar refractivity (Wildman–Crippen MR) is 66.7 cm³/mol. The number of benzene rings is 1. The predicted octanol–water partition coefficient (Wildman–Crippen LogP) is 1.80. The van der Waals surface area contributed by atoms with Crippen LogP contribution in [-0.4, -0.2) is 34.8 Å². The van der Waals surface area contributed by atoms with Gasteiger partial charge in [0.2, 0.25) is 0 Å². The van der Waals surface area contributed by atoms with Gasteiger partial charge in [-0.2, -0.15) is 0 Å². The lowest BCUT2D eigenvalue weighted by molar-refractivity contribution is 0.0553. The Balaban J connectivity index is 2.01. The molecule has 1 aliphatic heterocycles. The molecule has 0 radical (unpaired) electrons. The molecule has 5 nitrogen and oxygen atoms in total. The van der Waals surface area contributed by atoms with Crippen LogP contribution in [0.1, 0.15) is 25.8 Å². The number of fused-ring (bicyclic) bond motifs is 1. The molecule has 0 fully saturated rings. The van der Waals surface area contributed by atoms with Gasteiger partial charge in [-0.25, -0.2) is 0 Å². The first-order valence-corrected chi connectivity index (χ1v) is 5.83. The third-order valence-electron chi connectivity index (χ3n) is 2.73. The number of nitrogens with zero attached hydrogens (tertiary/aromatic N) is 1. The fraction of sp³-hybridized carbons (Fsp3) is 0.462. The maximum Gasteiger partial charge on any atom is 0.134 e. The van der Waals surface area contributed by atoms with Crippen molar-refractivity contribution in [3.63, 3.8) is 0 Å². The molecule has 0 aliphatic carbocycles. The van der Waals surface area contributed by atoms with E-state index in [2.05, 4.69) is 5.16 Å². The SMILES string of the molecule is CC(C)(O)CCOc1ccc2c(c1)OCC2=NO. The summed E-state index contributed by atoms with van der Waals surface area (Å²) >= 11 is 0. The Bertz CT molecular complexity index is 463. The molecule has 0 aromatic heterocycles. The molecule has 2 rings (SSSR count). The van der Waals surface area contributed by atoms with Crippen LogP contribution in [0.4, 0.5) is 0 Å². The van der Waals surface area contributed by atoms with Crippen molar-refractivity contribution < 1.29 is 19.8 Å². The highest BCUT2D eigenvalue weighted by atomic mass is 16.5. The number of oxime groups is 1. The second kappa shape index (κ2) is 4.86. The molecule has 0 saturated heterocycles. The largest absolute Gasteiger partial charge is 0.493 e. The number of aliphatic hydroxyl groups is 1. The van der Waals surface area contributed by atoms with Gasteiger partial charge >= 0.3 is 0 Å². The monoisotopic (exact) mass is 251 g/mol. The number of rotatable bonds is 4. The van der Waals surface area contributed by atoms with Crippen molar-refractivity contribution in [2.75, 3.05) is 13.2 Å². The Kier molecular flexibility index (Phi) is 3.43. The summed E-state index contributed by atoms with van der Waals surface area (Å²) < 4.78 is 10.9. The molecule has 1 aromatic rings. The number of hydrogen-bond acceptors (Lipinski definition) is 5. The molecular weight excluding hydrogens is 234 g/mol. The first-order valence-electron chi connectivity index (χ1n) is 5.83. The molecule has 0 unspecified atom stereocenters. The fourth-order valence-corrected chi connectivity index (χ4v) is 1.68. The molecule has 1 aliphatic rings. The molecule has 0 saturated carbocycles. The maximum atomic E-state index is 9.57. The Morgan fingerprint density at radius 3 is 2.89 bits per heavy atom. The van der Waals surface area contributed by atoms with Gasteiger partial charge in [-0.05, 0) is 26.0 Å². The van der Waals surface area contributed by atoms with Gasteiger partial charge in [0.1, 0.15) is 23.8 Å². The Hall–Kier alpha value is -1.75. The zero-order valence-electron chi connectivity index (χ0n) is 10.5. The summed E-state index contributed by atoms with van der Waals surface area (Å²) in [5.74, 6) is 1.33. The normalized spacial score (nSPS) is 16.5. The van der Waals surface area contributed by atoms with Crippen LogP contribution in [0.5, 0.6) is 11.5 Å².